The van der Waals surface area contributed by atoms with Crippen LogP contribution in [-0.4, -0.2) is 23.1 Å². The molecule has 3 rings (SSSR count). The molecular formula is C16H18Cl2N4. The number of hydrogen-bond donors (Lipinski definition) is 1. The van der Waals surface area contributed by atoms with E-state index in [9.17, 15) is 0 Å². The Bertz CT molecular complexity index is 675. The van der Waals surface area contributed by atoms with E-state index >= 15 is 0 Å². The standard InChI is InChI=1S/C16H18Cl2N4/c1-2-8-22-9-4-6-11-5-3-7-13(14(11)22)20-15-12(17)10-19-16(18)21-15/h3,5,7,10H,2,4,6,8-9H2,1H3,(H,19,20,21). The van der Waals surface area contributed by atoms with Gasteiger partial charge in [-0.25, -0.2) is 4.98 Å². The highest BCUT2D eigenvalue weighted by Crippen LogP contribution is 2.37. The normalized spacial score (nSPS) is 13.9. The van der Waals surface area contributed by atoms with E-state index in [1.54, 1.807) is 0 Å². The van der Waals surface area contributed by atoms with E-state index in [1.807, 2.05) is 0 Å². The number of fused-ring (bicyclic) bond motifs is 1. The molecule has 1 aliphatic heterocycles. The zero-order valence-electron chi connectivity index (χ0n) is 12.4. The molecular weight excluding hydrogens is 319 g/mol. The monoisotopic (exact) mass is 336 g/mol. The Morgan fingerprint density at radius 1 is 1.32 bits per heavy atom. The summed E-state index contributed by atoms with van der Waals surface area (Å²) in [5, 5.41) is 3.96. The molecule has 22 heavy (non-hydrogen) atoms. The molecule has 0 aliphatic carbocycles. The topological polar surface area (TPSA) is 41.0 Å². The number of anilines is 3. The number of benzene rings is 1. The molecule has 0 saturated carbocycles. The molecule has 0 atom stereocenters. The Morgan fingerprint density at radius 2 is 2.18 bits per heavy atom. The van der Waals surface area contributed by atoms with Gasteiger partial charge in [-0.2, -0.15) is 4.98 Å². The molecule has 0 fully saturated rings. The van der Waals surface area contributed by atoms with Crippen LogP contribution in [0.15, 0.2) is 24.4 Å². The zero-order valence-corrected chi connectivity index (χ0v) is 14.0. The first-order valence-corrected chi connectivity index (χ1v) is 8.26. The smallest absolute Gasteiger partial charge is 0.224 e. The van der Waals surface area contributed by atoms with E-state index < -0.39 is 0 Å². The van der Waals surface area contributed by atoms with E-state index in [0.717, 1.165) is 31.6 Å². The summed E-state index contributed by atoms with van der Waals surface area (Å²) < 4.78 is 0. The van der Waals surface area contributed by atoms with Gasteiger partial charge >= 0.3 is 0 Å². The lowest BCUT2D eigenvalue weighted by molar-refractivity contribution is 0.682. The predicted molar refractivity (Wildman–Crippen MR) is 92.6 cm³/mol. The molecule has 2 heterocycles. The second-order valence-electron chi connectivity index (χ2n) is 5.36. The number of aryl methyl sites for hydroxylation is 1. The van der Waals surface area contributed by atoms with Gasteiger partial charge in [-0.05, 0) is 42.5 Å². The minimum atomic E-state index is 0.183. The van der Waals surface area contributed by atoms with Crippen molar-refractivity contribution in [3.63, 3.8) is 0 Å². The Kier molecular flexibility index (Phi) is 4.69. The highest BCUT2D eigenvalue weighted by molar-refractivity contribution is 6.33. The third kappa shape index (κ3) is 3.13. The van der Waals surface area contributed by atoms with Crippen LogP contribution in [0.5, 0.6) is 0 Å². The molecule has 0 bridgehead atoms. The number of nitrogens with one attached hydrogen (secondary N) is 1. The summed E-state index contributed by atoms with van der Waals surface area (Å²) in [4.78, 5) is 10.5. The summed E-state index contributed by atoms with van der Waals surface area (Å²) >= 11 is 12.0. The number of halogens is 2. The van der Waals surface area contributed by atoms with Crippen LogP contribution in [0, 0.1) is 0 Å². The van der Waals surface area contributed by atoms with Crippen molar-refractivity contribution in [2.45, 2.75) is 26.2 Å². The van der Waals surface area contributed by atoms with E-state index in [2.05, 4.69) is 45.3 Å². The fourth-order valence-electron chi connectivity index (χ4n) is 2.89. The summed E-state index contributed by atoms with van der Waals surface area (Å²) in [6.07, 6.45) is 4.92. The minimum Gasteiger partial charge on any atom is -0.370 e. The summed E-state index contributed by atoms with van der Waals surface area (Å²) in [7, 11) is 0. The van der Waals surface area contributed by atoms with Crippen LogP contribution in [0.1, 0.15) is 25.3 Å². The van der Waals surface area contributed by atoms with Crippen molar-refractivity contribution in [1.29, 1.82) is 0 Å². The van der Waals surface area contributed by atoms with Crippen LogP contribution < -0.4 is 10.2 Å². The summed E-state index contributed by atoms with van der Waals surface area (Å²) in [6, 6.07) is 6.31. The highest BCUT2D eigenvalue weighted by atomic mass is 35.5. The third-order valence-electron chi connectivity index (χ3n) is 3.77. The van der Waals surface area contributed by atoms with Gasteiger partial charge in [-0.3, -0.25) is 0 Å². The first-order valence-electron chi connectivity index (χ1n) is 7.51. The van der Waals surface area contributed by atoms with Gasteiger partial charge in [-0.1, -0.05) is 30.7 Å². The molecule has 0 spiro atoms. The molecule has 1 aliphatic rings. The van der Waals surface area contributed by atoms with Crippen molar-refractivity contribution in [3.05, 3.63) is 40.3 Å². The molecule has 1 aromatic heterocycles. The lowest BCUT2D eigenvalue weighted by atomic mass is 10.00. The Morgan fingerprint density at radius 3 is 3.00 bits per heavy atom. The van der Waals surface area contributed by atoms with E-state index in [1.165, 1.54) is 23.9 Å². The fraction of sp³-hybridized carbons (Fsp3) is 0.375. The van der Waals surface area contributed by atoms with Crippen LogP contribution in [0.4, 0.5) is 17.2 Å². The lowest BCUT2D eigenvalue weighted by Crippen LogP contribution is -2.30. The van der Waals surface area contributed by atoms with Gasteiger partial charge in [0.05, 0.1) is 17.6 Å². The fourth-order valence-corrected chi connectivity index (χ4v) is 3.17. The SMILES string of the molecule is CCCN1CCCc2cccc(Nc3nc(Cl)ncc3Cl)c21. The van der Waals surface area contributed by atoms with Gasteiger partial charge < -0.3 is 10.2 Å². The molecule has 0 radical (unpaired) electrons. The maximum absolute atomic E-state index is 6.17. The van der Waals surface area contributed by atoms with Crippen LogP contribution >= 0.6 is 23.2 Å². The Balaban J connectivity index is 1.99. The first-order chi connectivity index (χ1) is 10.7. The second-order valence-corrected chi connectivity index (χ2v) is 6.11. The summed E-state index contributed by atoms with van der Waals surface area (Å²) in [5.74, 6) is 0.539. The number of rotatable bonds is 4. The predicted octanol–water partition coefficient (Wildman–Crippen LogP) is 4.69. The van der Waals surface area contributed by atoms with E-state index in [-0.39, 0.29) is 5.28 Å². The van der Waals surface area contributed by atoms with Crippen LogP contribution in [0.2, 0.25) is 10.3 Å². The summed E-state index contributed by atoms with van der Waals surface area (Å²) in [5.41, 5.74) is 3.63. The van der Waals surface area contributed by atoms with Crippen molar-refractivity contribution in [2.24, 2.45) is 0 Å². The van der Waals surface area contributed by atoms with Crippen LogP contribution in [0.3, 0.4) is 0 Å². The average molecular weight is 337 g/mol. The molecule has 1 N–H and O–H groups in total. The molecule has 6 heteroatoms. The Hall–Kier alpha value is -1.52. The minimum absolute atomic E-state index is 0.183. The van der Waals surface area contributed by atoms with Gasteiger partial charge in [0.25, 0.3) is 0 Å². The maximum Gasteiger partial charge on any atom is 0.224 e. The van der Waals surface area contributed by atoms with E-state index in [4.69, 9.17) is 23.2 Å². The number of aromatic nitrogens is 2. The largest absolute Gasteiger partial charge is 0.370 e. The highest BCUT2D eigenvalue weighted by Gasteiger charge is 2.20. The second kappa shape index (κ2) is 6.71. The van der Waals surface area contributed by atoms with Crippen molar-refractivity contribution in [2.75, 3.05) is 23.3 Å². The summed E-state index contributed by atoms with van der Waals surface area (Å²) in [6.45, 7) is 4.33. The van der Waals surface area contributed by atoms with Gasteiger partial charge in [0.1, 0.15) is 5.02 Å². The van der Waals surface area contributed by atoms with E-state index in [0.29, 0.717) is 10.8 Å². The molecule has 1 aromatic carbocycles. The number of para-hydroxylation sites is 1. The van der Waals surface area contributed by atoms with Gasteiger partial charge in [0, 0.05) is 13.1 Å². The van der Waals surface area contributed by atoms with Crippen LogP contribution in [-0.2, 0) is 6.42 Å². The molecule has 2 aromatic rings. The molecule has 4 nitrogen and oxygen atoms in total. The van der Waals surface area contributed by atoms with Crippen molar-refractivity contribution in [3.8, 4) is 0 Å². The molecule has 0 saturated heterocycles. The maximum atomic E-state index is 6.17. The Labute approximate surface area is 140 Å². The van der Waals surface area contributed by atoms with Crippen molar-refractivity contribution in [1.82, 2.24) is 9.97 Å². The molecule has 116 valence electrons. The number of nitrogens with zero attached hydrogens (tertiary/aromatic N) is 3. The quantitative estimate of drug-likeness (QED) is 0.822. The van der Waals surface area contributed by atoms with Gasteiger partial charge in [0.15, 0.2) is 5.82 Å². The van der Waals surface area contributed by atoms with Gasteiger partial charge in [0.2, 0.25) is 5.28 Å². The van der Waals surface area contributed by atoms with Crippen molar-refractivity contribution >= 4 is 40.4 Å². The third-order valence-corrected chi connectivity index (χ3v) is 4.23. The first kappa shape index (κ1) is 15.4. The zero-order chi connectivity index (χ0) is 15.5. The lowest BCUT2D eigenvalue weighted by Gasteiger charge is -2.33. The van der Waals surface area contributed by atoms with Crippen molar-refractivity contribution < 1.29 is 0 Å². The van der Waals surface area contributed by atoms with Gasteiger partial charge in [-0.15, -0.1) is 0 Å². The molecule has 0 unspecified atom stereocenters. The average Bonchev–Trinajstić information content (AvgIpc) is 2.52. The number of hydrogen-bond acceptors (Lipinski definition) is 4. The van der Waals surface area contributed by atoms with Crippen LogP contribution in [0.25, 0.3) is 0 Å². The molecule has 0 amide bonds.